The fraction of sp³-hybridized carbons (Fsp3) is 0.400. The molecular weight excluding hydrogens is 250 g/mol. The van der Waals surface area contributed by atoms with Crippen LogP contribution in [-0.4, -0.2) is 17.0 Å². The lowest BCUT2D eigenvalue weighted by molar-refractivity contribution is -0.149. The van der Waals surface area contributed by atoms with Crippen molar-refractivity contribution in [3.05, 3.63) is 35.4 Å². The fourth-order valence-electron chi connectivity index (χ4n) is 2.55. The number of aliphatic carboxylic acids is 1. The molecule has 0 aliphatic heterocycles. The lowest BCUT2D eigenvalue weighted by Crippen LogP contribution is -2.42. The van der Waals surface area contributed by atoms with E-state index in [2.05, 4.69) is 5.92 Å². The van der Waals surface area contributed by atoms with Gasteiger partial charge in [0.25, 0.3) is 0 Å². The van der Waals surface area contributed by atoms with E-state index < -0.39 is 30.1 Å². The van der Waals surface area contributed by atoms with Crippen molar-refractivity contribution in [3.8, 4) is 12.3 Å². The molecule has 19 heavy (non-hydrogen) atoms. The first-order valence-corrected chi connectivity index (χ1v) is 6.08. The second-order valence-corrected chi connectivity index (χ2v) is 4.96. The van der Waals surface area contributed by atoms with Crippen molar-refractivity contribution in [3.63, 3.8) is 0 Å². The molecule has 0 spiro atoms. The average Bonchev–Trinajstić information content (AvgIpc) is 2.39. The van der Waals surface area contributed by atoms with E-state index in [0.29, 0.717) is 11.1 Å². The lowest BCUT2D eigenvalue weighted by atomic mass is 9.68. The maximum absolute atomic E-state index is 13.2. The molecule has 0 atom stereocenters. The highest BCUT2D eigenvalue weighted by Gasteiger charge is 2.48. The molecule has 1 aliphatic carbocycles. The van der Waals surface area contributed by atoms with Gasteiger partial charge in [0, 0.05) is 18.4 Å². The maximum Gasteiger partial charge on any atom is 0.314 e. The summed E-state index contributed by atoms with van der Waals surface area (Å²) >= 11 is 0. The molecule has 0 bridgehead atoms. The van der Waals surface area contributed by atoms with Crippen LogP contribution in [0.25, 0.3) is 0 Å². The third-order valence-electron chi connectivity index (χ3n) is 3.85. The monoisotopic (exact) mass is 264 g/mol. The van der Waals surface area contributed by atoms with Crippen molar-refractivity contribution in [2.75, 3.05) is 0 Å². The number of carbonyl (C=O) groups is 1. The summed E-state index contributed by atoms with van der Waals surface area (Å²) in [6.07, 6.45) is 4.35. The topological polar surface area (TPSA) is 37.3 Å². The van der Waals surface area contributed by atoms with Gasteiger partial charge >= 0.3 is 5.97 Å². The summed E-state index contributed by atoms with van der Waals surface area (Å²) in [5.74, 6) is -1.35. The largest absolute Gasteiger partial charge is 0.481 e. The van der Waals surface area contributed by atoms with Crippen LogP contribution in [0, 0.1) is 12.3 Å². The quantitative estimate of drug-likeness (QED) is 0.833. The zero-order valence-electron chi connectivity index (χ0n) is 10.3. The number of terminal acetylenes is 1. The minimum absolute atomic E-state index is 0.0509. The van der Waals surface area contributed by atoms with Gasteiger partial charge in [-0.2, -0.15) is 0 Å². The predicted molar refractivity (Wildman–Crippen MR) is 67.1 cm³/mol. The van der Waals surface area contributed by atoms with Crippen molar-refractivity contribution in [2.45, 2.75) is 37.0 Å². The van der Waals surface area contributed by atoms with Crippen LogP contribution < -0.4 is 0 Å². The highest BCUT2D eigenvalue weighted by Crippen LogP contribution is 2.45. The molecule has 4 heteroatoms. The second-order valence-electron chi connectivity index (χ2n) is 4.96. The van der Waals surface area contributed by atoms with E-state index in [1.807, 2.05) is 0 Å². The van der Waals surface area contributed by atoms with Gasteiger partial charge in [-0.05, 0) is 30.5 Å². The molecule has 0 aromatic heterocycles. The van der Waals surface area contributed by atoms with Crippen LogP contribution in [-0.2, 0) is 10.2 Å². The van der Waals surface area contributed by atoms with Gasteiger partial charge in [0.1, 0.15) is 0 Å². The minimum atomic E-state index is -2.75. The first-order valence-electron chi connectivity index (χ1n) is 6.08. The van der Waals surface area contributed by atoms with Crippen molar-refractivity contribution >= 4 is 5.97 Å². The molecule has 0 saturated heterocycles. The van der Waals surface area contributed by atoms with Crippen LogP contribution in [0.5, 0.6) is 0 Å². The Morgan fingerprint density at radius 1 is 1.16 bits per heavy atom. The lowest BCUT2D eigenvalue weighted by Gasteiger charge is -2.37. The molecular formula is C15H14F2O2. The van der Waals surface area contributed by atoms with E-state index in [0.717, 1.165) is 0 Å². The zero-order chi connectivity index (χ0) is 14.1. The molecule has 1 aliphatic rings. The molecule has 1 fully saturated rings. The molecule has 0 heterocycles. The number of hydrogen-bond donors (Lipinski definition) is 1. The number of carboxylic acid groups (broad SMARTS) is 1. The number of benzene rings is 1. The summed E-state index contributed by atoms with van der Waals surface area (Å²) in [5.41, 5.74) is -0.0191. The van der Waals surface area contributed by atoms with Gasteiger partial charge in [-0.1, -0.05) is 18.1 Å². The molecule has 0 unspecified atom stereocenters. The van der Waals surface area contributed by atoms with Gasteiger partial charge < -0.3 is 5.11 Å². The molecule has 100 valence electrons. The molecule has 0 amide bonds. The van der Waals surface area contributed by atoms with Crippen LogP contribution in [0.4, 0.5) is 8.78 Å². The Kier molecular flexibility index (Phi) is 3.32. The van der Waals surface area contributed by atoms with Crippen LogP contribution in [0.15, 0.2) is 24.3 Å². The van der Waals surface area contributed by atoms with E-state index in [9.17, 15) is 18.7 Å². The Morgan fingerprint density at radius 2 is 1.68 bits per heavy atom. The third-order valence-corrected chi connectivity index (χ3v) is 3.85. The Bertz CT molecular complexity index is 516. The Balaban J connectivity index is 2.35. The number of alkyl halides is 2. The molecule has 1 N–H and O–H groups in total. The standard InChI is InChI=1S/C15H14F2O2/c1-2-11-3-5-12(6-4-11)14(13(18)19)7-9-15(16,17)10-8-14/h1,3-6H,7-10H2,(H,18,19). The number of carboxylic acids is 1. The summed E-state index contributed by atoms with van der Waals surface area (Å²) in [6.45, 7) is 0. The van der Waals surface area contributed by atoms with E-state index in [1.54, 1.807) is 24.3 Å². The average molecular weight is 264 g/mol. The van der Waals surface area contributed by atoms with E-state index in [-0.39, 0.29) is 12.8 Å². The fourth-order valence-corrected chi connectivity index (χ4v) is 2.55. The smallest absolute Gasteiger partial charge is 0.314 e. The predicted octanol–water partition coefficient (Wildman–Crippen LogP) is 3.20. The minimum Gasteiger partial charge on any atom is -0.481 e. The number of halogens is 2. The number of rotatable bonds is 2. The SMILES string of the molecule is C#Cc1ccc(C2(C(=O)O)CCC(F)(F)CC2)cc1. The van der Waals surface area contributed by atoms with Crippen molar-refractivity contribution in [1.82, 2.24) is 0 Å². The van der Waals surface area contributed by atoms with Crippen LogP contribution >= 0.6 is 0 Å². The van der Waals surface area contributed by atoms with Crippen LogP contribution in [0.1, 0.15) is 36.8 Å². The molecule has 1 aromatic carbocycles. The molecule has 2 nitrogen and oxygen atoms in total. The summed E-state index contributed by atoms with van der Waals surface area (Å²) < 4.78 is 26.5. The highest BCUT2D eigenvalue weighted by atomic mass is 19.3. The molecule has 2 rings (SSSR count). The zero-order valence-corrected chi connectivity index (χ0v) is 10.3. The van der Waals surface area contributed by atoms with Crippen molar-refractivity contribution in [1.29, 1.82) is 0 Å². The molecule has 1 saturated carbocycles. The summed E-state index contributed by atoms with van der Waals surface area (Å²) in [5, 5.41) is 9.45. The van der Waals surface area contributed by atoms with Crippen molar-refractivity contribution in [2.24, 2.45) is 0 Å². The second kappa shape index (κ2) is 4.65. The van der Waals surface area contributed by atoms with Gasteiger partial charge in [-0.3, -0.25) is 4.79 Å². The maximum atomic E-state index is 13.2. The van der Waals surface area contributed by atoms with Gasteiger partial charge in [0.05, 0.1) is 5.41 Å². The van der Waals surface area contributed by atoms with Gasteiger partial charge in [0.15, 0.2) is 0 Å². The van der Waals surface area contributed by atoms with Crippen LogP contribution in [0.3, 0.4) is 0 Å². The molecule has 1 aromatic rings. The third kappa shape index (κ3) is 2.46. The van der Waals surface area contributed by atoms with Gasteiger partial charge in [-0.15, -0.1) is 6.42 Å². The Morgan fingerprint density at radius 3 is 2.11 bits per heavy atom. The highest BCUT2D eigenvalue weighted by molar-refractivity contribution is 5.81. The van der Waals surface area contributed by atoms with E-state index >= 15 is 0 Å². The normalized spacial score (nSPS) is 20.5. The summed E-state index contributed by atoms with van der Waals surface area (Å²) in [7, 11) is 0. The van der Waals surface area contributed by atoms with Gasteiger partial charge in [0.2, 0.25) is 5.92 Å². The number of hydrogen-bond acceptors (Lipinski definition) is 1. The Labute approximate surface area is 110 Å². The summed E-state index contributed by atoms with van der Waals surface area (Å²) in [4.78, 5) is 11.6. The van der Waals surface area contributed by atoms with E-state index in [1.165, 1.54) is 0 Å². The molecule has 0 radical (unpaired) electrons. The Hall–Kier alpha value is -1.89. The van der Waals surface area contributed by atoms with Crippen molar-refractivity contribution < 1.29 is 18.7 Å². The van der Waals surface area contributed by atoms with Gasteiger partial charge in [-0.25, -0.2) is 8.78 Å². The van der Waals surface area contributed by atoms with Crippen LogP contribution in [0.2, 0.25) is 0 Å². The first kappa shape index (κ1) is 13.5. The first-order chi connectivity index (χ1) is 8.89. The van der Waals surface area contributed by atoms with E-state index in [4.69, 9.17) is 6.42 Å². The summed E-state index contributed by atoms with van der Waals surface area (Å²) in [6, 6.07) is 6.55.